The van der Waals surface area contributed by atoms with Crippen LogP contribution in [0.4, 0.5) is 0 Å². The zero-order valence-corrected chi connectivity index (χ0v) is 18.1. The third kappa shape index (κ3) is 4.82. The van der Waals surface area contributed by atoms with E-state index in [-0.39, 0.29) is 22.0 Å². The van der Waals surface area contributed by atoms with Gasteiger partial charge in [0.25, 0.3) is 5.91 Å². The van der Waals surface area contributed by atoms with Gasteiger partial charge in [0, 0.05) is 12.0 Å². The molecule has 0 unspecified atom stereocenters. The van der Waals surface area contributed by atoms with Crippen LogP contribution in [0.5, 0.6) is 0 Å². The summed E-state index contributed by atoms with van der Waals surface area (Å²) < 4.78 is 4.84. The molecule has 0 saturated heterocycles. The Labute approximate surface area is 187 Å². The van der Waals surface area contributed by atoms with Crippen LogP contribution < -0.4 is 5.32 Å². The summed E-state index contributed by atoms with van der Waals surface area (Å²) in [6.07, 6.45) is 0.218. The van der Waals surface area contributed by atoms with Gasteiger partial charge in [0.05, 0.1) is 22.7 Å². The molecule has 0 radical (unpaired) electrons. The molecule has 8 heteroatoms. The van der Waals surface area contributed by atoms with E-state index in [0.29, 0.717) is 4.88 Å². The number of carbonyl (C=O) groups excluding carboxylic acids is 2. The van der Waals surface area contributed by atoms with E-state index in [9.17, 15) is 14.9 Å². The number of nitriles is 1. The number of ether oxygens (including phenoxy) is 1. The molecule has 0 spiro atoms. The normalized spacial score (nSPS) is 11.4. The van der Waals surface area contributed by atoms with Crippen molar-refractivity contribution >= 4 is 46.4 Å². The third-order valence-electron chi connectivity index (χ3n) is 4.45. The van der Waals surface area contributed by atoms with Crippen molar-refractivity contribution in [2.24, 2.45) is 0 Å². The highest BCUT2D eigenvalue weighted by atomic mass is 35.5. The van der Waals surface area contributed by atoms with Crippen molar-refractivity contribution in [2.75, 3.05) is 7.11 Å². The zero-order valence-electron chi connectivity index (χ0n) is 15.8. The minimum atomic E-state index is -0.920. The van der Waals surface area contributed by atoms with E-state index in [0.717, 1.165) is 16.7 Å². The lowest BCUT2D eigenvalue weighted by atomic mass is 10.0. The standard InChI is InChI=1S/C22H16Cl2N2O3S/c1-29-22(28)18(26-21(27)20-16(23)3-2-4-17(20)24)11-13-5-7-14(8-6-13)15-9-10-30-19(15)12-25/h2-10,18H,11H2,1H3,(H,26,27)/t18-/m0/s1. The average molecular weight is 459 g/mol. The topological polar surface area (TPSA) is 79.2 Å². The lowest BCUT2D eigenvalue weighted by Crippen LogP contribution is -2.43. The van der Waals surface area contributed by atoms with Gasteiger partial charge in [0.15, 0.2) is 0 Å². The molecule has 1 N–H and O–H groups in total. The molecule has 0 aliphatic carbocycles. The highest BCUT2D eigenvalue weighted by Gasteiger charge is 2.25. The van der Waals surface area contributed by atoms with Gasteiger partial charge in [-0.2, -0.15) is 5.26 Å². The first-order chi connectivity index (χ1) is 14.4. The van der Waals surface area contributed by atoms with Crippen LogP contribution in [0.15, 0.2) is 53.9 Å². The van der Waals surface area contributed by atoms with Crippen molar-refractivity contribution in [3.05, 3.63) is 80.0 Å². The molecule has 0 fully saturated rings. The number of thiophene rings is 1. The number of rotatable bonds is 6. The molecule has 0 aliphatic rings. The largest absolute Gasteiger partial charge is 0.467 e. The molecule has 2 aromatic carbocycles. The quantitative estimate of drug-likeness (QED) is 0.520. The summed E-state index contributed by atoms with van der Waals surface area (Å²) in [5, 5.41) is 14.1. The van der Waals surface area contributed by atoms with Crippen LogP contribution in [-0.4, -0.2) is 25.0 Å². The predicted molar refractivity (Wildman–Crippen MR) is 118 cm³/mol. The second-order valence-corrected chi connectivity index (χ2v) is 8.05. The van der Waals surface area contributed by atoms with Gasteiger partial charge in [-0.3, -0.25) is 4.79 Å². The monoisotopic (exact) mass is 458 g/mol. The predicted octanol–water partition coefficient (Wildman–Crippen LogP) is 5.11. The number of nitrogens with zero attached hydrogens (tertiary/aromatic N) is 1. The minimum Gasteiger partial charge on any atom is -0.467 e. The second-order valence-electron chi connectivity index (χ2n) is 6.32. The molecule has 1 heterocycles. The number of amides is 1. The number of hydrogen-bond donors (Lipinski definition) is 1. The third-order valence-corrected chi connectivity index (χ3v) is 5.90. The fourth-order valence-electron chi connectivity index (χ4n) is 2.96. The van der Waals surface area contributed by atoms with Crippen LogP contribution in [0.2, 0.25) is 10.0 Å². The van der Waals surface area contributed by atoms with E-state index in [4.69, 9.17) is 27.9 Å². The van der Waals surface area contributed by atoms with E-state index < -0.39 is 17.9 Å². The van der Waals surface area contributed by atoms with Gasteiger partial charge in [-0.25, -0.2) is 4.79 Å². The summed E-state index contributed by atoms with van der Waals surface area (Å²) in [7, 11) is 1.26. The fourth-order valence-corrected chi connectivity index (χ4v) is 4.23. The summed E-state index contributed by atoms with van der Waals surface area (Å²) in [4.78, 5) is 25.6. The Bertz CT molecular complexity index is 1100. The molecule has 0 aliphatic heterocycles. The smallest absolute Gasteiger partial charge is 0.328 e. The summed E-state index contributed by atoms with van der Waals surface area (Å²) in [6, 6.07) is 15.3. The number of halogens is 2. The molecule has 3 aromatic rings. The maximum atomic E-state index is 12.7. The highest BCUT2D eigenvalue weighted by Crippen LogP contribution is 2.28. The first-order valence-electron chi connectivity index (χ1n) is 8.84. The molecular weight excluding hydrogens is 443 g/mol. The van der Waals surface area contributed by atoms with Gasteiger partial charge in [-0.15, -0.1) is 11.3 Å². The first-order valence-corrected chi connectivity index (χ1v) is 10.5. The van der Waals surface area contributed by atoms with Crippen LogP contribution in [0.25, 0.3) is 11.1 Å². The van der Waals surface area contributed by atoms with E-state index in [1.807, 2.05) is 35.7 Å². The number of carbonyl (C=O) groups is 2. The summed E-state index contributed by atoms with van der Waals surface area (Å²) >= 11 is 13.6. The fraction of sp³-hybridized carbons (Fsp3) is 0.136. The van der Waals surface area contributed by atoms with Gasteiger partial charge in [0.2, 0.25) is 0 Å². The van der Waals surface area contributed by atoms with E-state index >= 15 is 0 Å². The van der Waals surface area contributed by atoms with E-state index in [1.54, 1.807) is 18.2 Å². The molecular formula is C22H16Cl2N2O3S. The van der Waals surface area contributed by atoms with Gasteiger partial charge in [-0.05, 0) is 34.7 Å². The maximum Gasteiger partial charge on any atom is 0.328 e. The number of hydrogen-bond acceptors (Lipinski definition) is 5. The number of benzene rings is 2. The van der Waals surface area contributed by atoms with E-state index in [2.05, 4.69) is 11.4 Å². The van der Waals surface area contributed by atoms with Gasteiger partial charge in [0.1, 0.15) is 17.0 Å². The average Bonchev–Trinajstić information content (AvgIpc) is 3.22. The molecule has 3 rings (SSSR count). The molecule has 5 nitrogen and oxygen atoms in total. The lowest BCUT2D eigenvalue weighted by molar-refractivity contribution is -0.142. The van der Waals surface area contributed by atoms with Crippen molar-refractivity contribution in [1.82, 2.24) is 5.32 Å². The van der Waals surface area contributed by atoms with Crippen molar-refractivity contribution in [3.8, 4) is 17.2 Å². The zero-order chi connectivity index (χ0) is 21.7. The Balaban J connectivity index is 1.79. The molecule has 0 saturated carbocycles. The number of nitrogens with one attached hydrogen (secondary N) is 1. The van der Waals surface area contributed by atoms with Crippen molar-refractivity contribution in [3.63, 3.8) is 0 Å². The van der Waals surface area contributed by atoms with Crippen LogP contribution in [-0.2, 0) is 16.0 Å². The second kappa shape index (κ2) is 9.77. The minimum absolute atomic E-state index is 0.103. The molecule has 1 atom stereocenters. The summed E-state index contributed by atoms with van der Waals surface area (Å²) in [5.74, 6) is -1.14. The Morgan fingerprint density at radius 3 is 2.40 bits per heavy atom. The Morgan fingerprint density at radius 1 is 1.13 bits per heavy atom. The van der Waals surface area contributed by atoms with Crippen LogP contribution >= 0.6 is 34.5 Å². The molecule has 0 bridgehead atoms. The molecule has 152 valence electrons. The molecule has 1 amide bonds. The number of methoxy groups -OCH3 is 1. The van der Waals surface area contributed by atoms with E-state index in [1.165, 1.54) is 18.4 Å². The van der Waals surface area contributed by atoms with Crippen molar-refractivity contribution in [2.45, 2.75) is 12.5 Å². The van der Waals surface area contributed by atoms with Crippen LogP contribution in [0.3, 0.4) is 0 Å². The van der Waals surface area contributed by atoms with Gasteiger partial charge >= 0.3 is 5.97 Å². The summed E-state index contributed by atoms with van der Waals surface area (Å²) in [6.45, 7) is 0. The van der Waals surface area contributed by atoms with Gasteiger partial charge in [-0.1, -0.05) is 53.5 Å². The SMILES string of the molecule is COC(=O)[C@H](Cc1ccc(-c2ccsc2C#N)cc1)NC(=O)c1c(Cl)cccc1Cl. The van der Waals surface area contributed by atoms with Crippen molar-refractivity contribution in [1.29, 1.82) is 5.26 Å². The Kier molecular flexibility index (Phi) is 7.11. The highest BCUT2D eigenvalue weighted by molar-refractivity contribution is 7.11. The van der Waals surface area contributed by atoms with Gasteiger partial charge < -0.3 is 10.1 Å². The number of esters is 1. The Hall–Kier alpha value is -2.85. The van der Waals surface area contributed by atoms with Crippen molar-refractivity contribution < 1.29 is 14.3 Å². The Morgan fingerprint density at radius 2 is 1.80 bits per heavy atom. The van der Waals surface area contributed by atoms with Crippen LogP contribution in [0, 0.1) is 11.3 Å². The summed E-state index contributed by atoms with van der Waals surface area (Å²) in [5.41, 5.74) is 2.68. The molecule has 1 aromatic heterocycles. The lowest BCUT2D eigenvalue weighted by Gasteiger charge is -2.18. The van der Waals surface area contributed by atoms with Crippen LogP contribution in [0.1, 0.15) is 20.8 Å². The maximum absolute atomic E-state index is 12.7. The molecule has 30 heavy (non-hydrogen) atoms. The first kappa shape index (κ1) is 21.8.